The second-order valence-electron chi connectivity index (χ2n) is 5.99. The number of benzene rings is 2. The Bertz CT molecular complexity index is 648. The first-order valence-electron chi connectivity index (χ1n) is 8.26. The summed E-state index contributed by atoms with van der Waals surface area (Å²) in [6, 6.07) is 16.9. The summed E-state index contributed by atoms with van der Waals surface area (Å²) in [5, 5.41) is 3.56. The van der Waals surface area contributed by atoms with Crippen LogP contribution in [0.1, 0.15) is 17.2 Å². The zero-order valence-corrected chi connectivity index (χ0v) is 14.2. The zero-order valence-electron chi connectivity index (χ0n) is 14.2. The second kappa shape index (κ2) is 8.15. The average molecular weight is 327 g/mol. The van der Waals surface area contributed by atoms with Crippen molar-refractivity contribution in [3.63, 3.8) is 0 Å². The molecule has 1 aliphatic rings. The third kappa shape index (κ3) is 3.87. The predicted octanol–water partition coefficient (Wildman–Crippen LogP) is 2.26. The van der Waals surface area contributed by atoms with E-state index in [9.17, 15) is 0 Å². The highest BCUT2D eigenvalue weighted by Crippen LogP contribution is 2.28. The Morgan fingerprint density at radius 1 is 1.04 bits per heavy atom. The van der Waals surface area contributed by atoms with Crippen molar-refractivity contribution in [2.45, 2.75) is 12.6 Å². The van der Waals surface area contributed by atoms with Crippen LogP contribution >= 0.6 is 0 Å². The normalized spacial score (nSPS) is 20.1. The predicted molar refractivity (Wildman–Crippen MR) is 95.1 cm³/mol. The van der Waals surface area contributed by atoms with Crippen molar-refractivity contribution in [1.82, 2.24) is 16.2 Å². The molecule has 0 amide bonds. The van der Waals surface area contributed by atoms with Gasteiger partial charge in [-0.05, 0) is 23.3 Å². The van der Waals surface area contributed by atoms with Crippen molar-refractivity contribution < 1.29 is 9.47 Å². The monoisotopic (exact) mass is 327 g/mol. The number of hydrogen-bond donors (Lipinski definition) is 3. The molecule has 24 heavy (non-hydrogen) atoms. The van der Waals surface area contributed by atoms with E-state index >= 15 is 0 Å². The van der Waals surface area contributed by atoms with E-state index in [4.69, 9.17) is 9.47 Å². The van der Waals surface area contributed by atoms with Crippen molar-refractivity contribution in [3.8, 4) is 11.5 Å². The molecule has 5 nitrogen and oxygen atoms in total. The molecule has 3 N–H and O–H groups in total. The summed E-state index contributed by atoms with van der Waals surface area (Å²) in [5.74, 6) is 2.03. The van der Waals surface area contributed by atoms with Gasteiger partial charge >= 0.3 is 0 Å². The molecule has 128 valence electrons. The minimum atomic E-state index is 0.337. The van der Waals surface area contributed by atoms with E-state index in [0.29, 0.717) is 12.0 Å². The number of methoxy groups -OCH3 is 2. The fourth-order valence-electron chi connectivity index (χ4n) is 3.13. The fraction of sp³-hybridized carbons (Fsp3) is 0.368. The molecule has 0 aromatic heterocycles. The first-order valence-corrected chi connectivity index (χ1v) is 8.26. The minimum Gasteiger partial charge on any atom is -0.493 e. The van der Waals surface area contributed by atoms with Gasteiger partial charge in [0.05, 0.1) is 20.3 Å². The lowest BCUT2D eigenvalue weighted by atomic mass is 9.95. The molecule has 1 fully saturated rings. The standard InChI is InChI=1S/C19H25N3O2/c1-23-17-9-8-14(10-18(17)24-2)11-20-12-16-13-21-22-19(16)15-6-4-3-5-7-15/h3-10,16,19-22H,11-13H2,1-2H3. The Hall–Kier alpha value is -2.08. The molecule has 0 aliphatic carbocycles. The van der Waals surface area contributed by atoms with Crippen LogP contribution in [-0.2, 0) is 6.54 Å². The molecule has 2 aromatic carbocycles. The fourth-order valence-corrected chi connectivity index (χ4v) is 3.13. The van der Waals surface area contributed by atoms with E-state index in [2.05, 4.69) is 52.6 Å². The van der Waals surface area contributed by atoms with Crippen LogP contribution in [0.25, 0.3) is 0 Å². The van der Waals surface area contributed by atoms with Gasteiger partial charge in [0.2, 0.25) is 0 Å². The van der Waals surface area contributed by atoms with Crippen LogP contribution < -0.4 is 25.6 Å². The van der Waals surface area contributed by atoms with E-state index < -0.39 is 0 Å². The van der Waals surface area contributed by atoms with Crippen molar-refractivity contribution in [1.29, 1.82) is 0 Å². The van der Waals surface area contributed by atoms with Crippen LogP contribution in [-0.4, -0.2) is 27.3 Å². The van der Waals surface area contributed by atoms with Crippen LogP contribution in [0.3, 0.4) is 0 Å². The van der Waals surface area contributed by atoms with Crippen molar-refractivity contribution in [2.75, 3.05) is 27.3 Å². The Morgan fingerprint density at radius 2 is 1.83 bits per heavy atom. The first-order chi connectivity index (χ1) is 11.8. The van der Waals surface area contributed by atoms with Crippen molar-refractivity contribution in [2.24, 2.45) is 5.92 Å². The van der Waals surface area contributed by atoms with Gasteiger partial charge in [0.15, 0.2) is 11.5 Å². The maximum Gasteiger partial charge on any atom is 0.161 e. The van der Waals surface area contributed by atoms with Gasteiger partial charge < -0.3 is 14.8 Å². The van der Waals surface area contributed by atoms with Gasteiger partial charge in [0.25, 0.3) is 0 Å². The smallest absolute Gasteiger partial charge is 0.161 e. The van der Waals surface area contributed by atoms with Gasteiger partial charge in [0, 0.05) is 25.6 Å². The Kier molecular flexibility index (Phi) is 5.69. The highest BCUT2D eigenvalue weighted by molar-refractivity contribution is 5.42. The summed E-state index contributed by atoms with van der Waals surface area (Å²) in [5.41, 5.74) is 9.16. The molecule has 2 atom stereocenters. The molecular formula is C19H25N3O2. The summed E-state index contributed by atoms with van der Waals surface area (Å²) in [7, 11) is 3.31. The third-order valence-electron chi connectivity index (χ3n) is 4.44. The molecule has 1 saturated heterocycles. The molecule has 5 heteroatoms. The zero-order chi connectivity index (χ0) is 16.8. The molecule has 2 aromatic rings. The quantitative estimate of drug-likeness (QED) is 0.728. The van der Waals surface area contributed by atoms with E-state index in [0.717, 1.165) is 31.1 Å². The summed E-state index contributed by atoms with van der Waals surface area (Å²) >= 11 is 0. The Morgan fingerprint density at radius 3 is 2.58 bits per heavy atom. The summed E-state index contributed by atoms with van der Waals surface area (Å²) in [6.45, 7) is 2.70. The van der Waals surface area contributed by atoms with Gasteiger partial charge in [-0.1, -0.05) is 36.4 Å². The molecule has 0 saturated carbocycles. The number of hydrogen-bond acceptors (Lipinski definition) is 5. The average Bonchev–Trinajstić information content (AvgIpc) is 3.11. The summed E-state index contributed by atoms with van der Waals surface area (Å²) in [6.07, 6.45) is 0. The van der Waals surface area contributed by atoms with Crippen LogP contribution in [0, 0.1) is 5.92 Å². The molecule has 0 spiro atoms. The lowest BCUT2D eigenvalue weighted by molar-refractivity contribution is 0.354. The van der Waals surface area contributed by atoms with Crippen molar-refractivity contribution in [3.05, 3.63) is 59.7 Å². The Labute approximate surface area is 143 Å². The van der Waals surface area contributed by atoms with E-state index in [1.165, 1.54) is 11.1 Å². The van der Waals surface area contributed by atoms with Gasteiger partial charge in [-0.3, -0.25) is 5.43 Å². The van der Waals surface area contributed by atoms with Gasteiger partial charge in [-0.25, -0.2) is 5.43 Å². The molecule has 2 unspecified atom stereocenters. The second-order valence-corrected chi connectivity index (χ2v) is 5.99. The largest absolute Gasteiger partial charge is 0.493 e. The highest BCUT2D eigenvalue weighted by Gasteiger charge is 2.27. The van der Waals surface area contributed by atoms with E-state index in [1.54, 1.807) is 14.2 Å². The Balaban J connectivity index is 1.56. The first kappa shape index (κ1) is 16.8. The SMILES string of the molecule is COc1ccc(CNCC2CNNC2c2ccccc2)cc1OC. The summed E-state index contributed by atoms with van der Waals surface area (Å²) < 4.78 is 10.6. The van der Waals surface area contributed by atoms with Crippen LogP contribution in [0.5, 0.6) is 11.5 Å². The van der Waals surface area contributed by atoms with Gasteiger partial charge in [-0.15, -0.1) is 0 Å². The van der Waals surface area contributed by atoms with Crippen molar-refractivity contribution >= 4 is 0 Å². The molecule has 0 radical (unpaired) electrons. The summed E-state index contributed by atoms with van der Waals surface area (Å²) in [4.78, 5) is 0. The van der Waals surface area contributed by atoms with E-state index in [1.807, 2.05) is 12.1 Å². The maximum absolute atomic E-state index is 5.36. The maximum atomic E-state index is 5.36. The lowest BCUT2D eigenvalue weighted by Crippen LogP contribution is -2.28. The van der Waals surface area contributed by atoms with E-state index in [-0.39, 0.29) is 0 Å². The molecular weight excluding hydrogens is 302 g/mol. The molecule has 1 heterocycles. The van der Waals surface area contributed by atoms with Crippen LogP contribution in [0.15, 0.2) is 48.5 Å². The highest BCUT2D eigenvalue weighted by atomic mass is 16.5. The number of hydrazine groups is 1. The van der Waals surface area contributed by atoms with Gasteiger partial charge in [-0.2, -0.15) is 0 Å². The number of ether oxygens (including phenoxy) is 2. The topological polar surface area (TPSA) is 54.5 Å². The molecule has 1 aliphatic heterocycles. The third-order valence-corrected chi connectivity index (χ3v) is 4.44. The minimum absolute atomic E-state index is 0.337. The molecule has 0 bridgehead atoms. The van der Waals surface area contributed by atoms with Crippen LogP contribution in [0.2, 0.25) is 0 Å². The number of rotatable bonds is 7. The lowest BCUT2D eigenvalue weighted by Gasteiger charge is -2.19. The molecule has 3 rings (SSSR count). The van der Waals surface area contributed by atoms with Crippen LogP contribution in [0.4, 0.5) is 0 Å². The van der Waals surface area contributed by atoms with Gasteiger partial charge in [0.1, 0.15) is 0 Å². The number of nitrogens with one attached hydrogen (secondary N) is 3.